The topological polar surface area (TPSA) is 8.81 Å². The number of aromatic nitrogens is 2. The van der Waals surface area contributed by atoms with Gasteiger partial charge >= 0.3 is 0 Å². The molecule has 0 saturated carbocycles. The van der Waals surface area contributed by atoms with Crippen LogP contribution in [-0.2, 0) is 19.5 Å². The van der Waals surface area contributed by atoms with Crippen molar-refractivity contribution < 1.29 is 4.57 Å². The maximum absolute atomic E-state index is 2.64. The summed E-state index contributed by atoms with van der Waals surface area (Å²) in [6.07, 6.45) is 53.4. The Hall–Kier alpha value is -0.790. The third kappa shape index (κ3) is 25.4. The predicted molar refractivity (Wildman–Crippen MR) is 198 cm³/mol. The van der Waals surface area contributed by atoms with Crippen molar-refractivity contribution in [3.05, 3.63) is 18.2 Å². The summed E-state index contributed by atoms with van der Waals surface area (Å²) in [5.74, 6) is 1.62. The van der Waals surface area contributed by atoms with Crippen molar-refractivity contribution >= 4 is 0 Å². The van der Waals surface area contributed by atoms with E-state index in [-0.39, 0.29) is 0 Å². The first-order valence-electron chi connectivity index (χ1n) is 20.9. The van der Waals surface area contributed by atoms with Crippen molar-refractivity contribution in [2.45, 2.75) is 252 Å². The fraction of sp³-hybridized carbons (Fsp3) is 0.929. The highest BCUT2D eigenvalue weighted by Gasteiger charge is 2.16. The Bertz CT molecular complexity index is 677. The zero-order chi connectivity index (χ0) is 31.6. The Morgan fingerprint density at radius 1 is 0.386 bits per heavy atom. The molecule has 0 N–H and O–H groups in total. The molecule has 0 unspecified atom stereocenters. The van der Waals surface area contributed by atoms with Crippen molar-refractivity contribution in [3.63, 3.8) is 0 Å². The van der Waals surface area contributed by atoms with Gasteiger partial charge in [0.15, 0.2) is 0 Å². The Balaban J connectivity index is 2.28. The van der Waals surface area contributed by atoms with Gasteiger partial charge in [0.05, 0.1) is 13.1 Å². The van der Waals surface area contributed by atoms with Gasteiger partial charge in [0.25, 0.3) is 5.82 Å². The van der Waals surface area contributed by atoms with Crippen molar-refractivity contribution in [1.82, 2.24) is 4.57 Å². The Labute approximate surface area is 279 Å². The molecule has 0 radical (unpaired) electrons. The van der Waals surface area contributed by atoms with E-state index in [1.807, 2.05) is 0 Å². The molecule has 0 aliphatic rings. The Morgan fingerprint density at radius 3 is 1.09 bits per heavy atom. The maximum atomic E-state index is 2.64. The minimum Gasteiger partial charge on any atom is -0.234 e. The van der Waals surface area contributed by atoms with Crippen LogP contribution < -0.4 is 4.57 Å². The van der Waals surface area contributed by atoms with Crippen LogP contribution in [0.4, 0.5) is 0 Å². The zero-order valence-electron chi connectivity index (χ0n) is 31.0. The van der Waals surface area contributed by atoms with Crippen LogP contribution in [0.25, 0.3) is 0 Å². The summed E-state index contributed by atoms with van der Waals surface area (Å²) in [5, 5.41) is 0. The lowest BCUT2D eigenvalue weighted by atomic mass is 10.0. The predicted octanol–water partition coefficient (Wildman–Crippen LogP) is 14.3. The zero-order valence-corrected chi connectivity index (χ0v) is 31.0. The summed E-state index contributed by atoms with van der Waals surface area (Å²) in [6.45, 7) is 9.40. The van der Waals surface area contributed by atoms with Crippen LogP contribution in [0.1, 0.15) is 238 Å². The van der Waals surface area contributed by atoms with E-state index in [9.17, 15) is 0 Å². The lowest BCUT2D eigenvalue weighted by Gasteiger charge is -2.07. The molecular weight excluding hydrogens is 532 g/mol. The molecule has 1 aromatic rings. The first-order valence-corrected chi connectivity index (χ1v) is 20.9. The molecule has 0 saturated heterocycles. The van der Waals surface area contributed by atoms with Gasteiger partial charge in [-0.3, -0.25) is 0 Å². The average molecular weight is 616 g/mol. The summed E-state index contributed by atoms with van der Waals surface area (Å²) < 4.78 is 5.28. The Morgan fingerprint density at radius 2 is 0.705 bits per heavy atom. The number of unbranched alkanes of at least 4 members (excludes halogenated alkanes) is 30. The first-order chi connectivity index (χ1) is 21.8. The SMILES string of the molecule is CCCCCCCCCCCCCCCc1n(CCCCCCCCCCCCCC)cc[n+]1CCCCCCCCCC. The van der Waals surface area contributed by atoms with Crippen molar-refractivity contribution in [2.75, 3.05) is 0 Å². The molecule has 260 valence electrons. The van der Waals surface area contributed by atoms with Crippen molar-refractivity contribution in [1.29, 1.82) is 0 Å². The molecule has 2 nitrogen and oxygen atoms in total. The smallest absolute Gasteiger partial charge is 0.234 e. The number of hydrogen-bond acceptors (Lipinski definition) is 0. The second-order valence-corrected chi connectivity index (χ2v) is 14.5. The lowest BCUT2D eigenvalue weighted by Crippen LogP contribution is -2.37. The van der Waals surface area contributed by atoms with Crippen LogP contribution in [0.15, 0.2) is 12.4 Å². The van der Waals surface area contributed by atoms with Crippen LogP contribution in [0.3, 0.4) is 0 Å². The molecule has 0 spiro atoms. The van der Waals surface area contributed by atoms with E-state index >= 15 is 0 Å². The van der Waals surface area contributed by atoms with Gasteiger partial charge in [-0.2, -0.15) is 0 Å². The normalized spacial score (nSPS) is 11.6. The largest absolute Gasteiger partial charge is 0.256 e. The van der Waals surface area contributed by atoms with Gasteiger partial charge < -0.3 is 0 Å². The summed E-state index contributed by atoms with van der Waals surface area (Å²) in [5.41, 5.74) is 0. The number of nitrogens with zero attached hydrogens (tertiary/aromatic N) is 2. The van der Waals surface area contributed by atoms with Crippen LogP contribution in [-0.4, -0.2) is 4.57 Å². The van der Waals surface area contributed by atoms with E-state index in [4.69, 9.17) is 0 Å². The van der Waals surface area contributed by atoms with Gasteiger partial charge in [-0.05, 0) is 32.1 Å². The molecule has 1 heterocycles. The van der Waals surface area contributed by atoms with Crippen LogP contribution in [0.5, 0.6) is 0 Å². The third-order valence-electron chi connectivity index (χ3n) is 10.1. The van der Waals surface area contributed by atoms with Gasteiger partial charge in [-0.25, -0.2) is 9.13 Å². The quantitative estimate of drug-likeness (QED) is 0.0524. The highest BCUT2D eigenvalue weighted by molar-refractivity contribution is 4.84. The molecule has 0 aliphatic carbocycles. The summed E-state index contributed by atoms with van der Waals surface area (Å²) >= 11 is 0. The molecular formula is C42H83N2+. The monoisotopic (exact) mass is 616 g/mol. The molecule has 0 fully saturated rings. The van der Waals surface area contributed by atoms with E-state index in [1.54, 1.807) is 5.82 Å². The van der Waals surface area contributed by atoms with Crippen molar-refractivity contribution in [2.24, 2.45) is 0 Å². The third-order valence-corrected chi connectivity index (χ3v) is 10.1. The number of aryl methyl sites for hydroxylation is 2. The fourth-order valence-electron chi connectivity index (χ4n) is 7.03. The highest BCUT2D eigenvalue weighted by Crippen LogP contribution is 2.16. The van der Waals surface area contributed by atoms with Crippen LogP contribution in [0.2, 0.25) is 0 Å². The minimum absolute atomic E-state index is 1.23. The summed E-state index contributed by atoms with van der Waals surface area (Å²) in [4.78, 5) is 0. The van der Waals surface area contributed by atoms with Gasteiger partial charge in [0.1, 0.15) is 12.4 Å². The molecule has 0 bridgehead atoms. The second kappa shape index (κ2) is 33.6. The van der Waals surface area contributed by atoms with Gasteiger partial charge in [-0.1, -0.05) is 201 Å². The molecule has 0 atom stereocenters. The lowest BCUT2D eigenvalue weighted by molar-refractivity contribution is -0.704. The Kier molecular flexibility index (Phi) is 31.5. The maximum Gasteiger partial charge on any atom is 0.256 e. The van der Waals surface area contributed by atoms with E-state index in [1.165, 1.54) is 231 Å². The summed E-state index contributed by atoms with van der Waals surface area (Å²) in [6, 6.07) is 0. The average Bonchev–Trinajstić information content (AvgIpc) is 3.42. The molecule has 0 aromatic carbocycles. The van der Waals surface area contributed by atoms with Crippen LogP contribution in [0, 0.1) is 0 Å². The van der Waals surface area contributed by atoms with Gasteiger partial charge in [0, 0.05) is 6.42 Å². The highest BCUT2D eigenvalue weighted by atomic mass is 15.1. The standard InChI is InChI=1S/C42H83N2/c1-4-7-10-13-16-19-21-23-24-26-28-31-34-37-42-43(38-35-32-29-18-15-12-9-6-3)40-41-44(42)39-36-33-30-27-25-22-20-17-14-11-8-5-2/h40-41H,4-39H2,1-3H3/q+1. The van der Waals surface area contributed by atoms with E-state index < -0.39 is 0 Å². The fourth-order valence-corrected chi connectivity index (χ4v) is 7.03. The van der Waals surface area contributed by atoms with E-state index in [0.29, 0.717) is 0 Å². The van der Waals surface area contributed by atoms with E-state index in [2.05, 4.69) is 42.3 Å². The molecule has 1 rings (SSSR count). The molecule has 0 aliphatic heterocycles. The molecule has 0 amide bonds. The summed E-state index contributed by atoms with van der Waals surface area (Å²) in [7, 11) is 0. The minimum atomic E-state index is 1.23. The number of hydrogen-bond donors (Lipinski definition) is 0. The molecule has 2 heteroatoms. The van der Waals surface area contributed by atoms with E-state index in [0.717, 1.165) is 0 Å². The molecule has 44 heavy (non-hydrogen) atoms. The number of imidazole rings is 1. The van der Waals surface area contributed by atoms with Gasteiger partial charge in [-0.15, -0.1) is 0 Å². The second-order valence-electron chi connectivity index (χ2n) is 14.5. The number of rotatable bonds is 36. The van der Waals surface area contributed by atoms with Crippen molar-refractivity contribution in [3.8, 4) is 0 Å². The first kappa shape index (κ1) is 41.2. The van der Waals surface area contributed by atoms with Crippen LogP contribution >= 0.6 is 0 Å². The van der Waals surface area contributed by atoms with Gasteiger partial charge in [0.2, 0.25) is 0 Å². The molecule has 1 aromatic heterocycles.